The van der Waals surface area contributed by atoms with Crippen LogP contribution in [0.4, 0.5) is 17.1 Å². The minimum absolute atomic E-state index is 0.148. The molecule has 0 aliphatic heterocycles. The first-order valence-electron chi connectivity index (χ1n) is 16.9. The van der Waals surface area contributed by atoms with Gasteiger partial charge in [-0.2, -0.15) is 0 Å². The van der Waals surface area contributed by atoms with Gasteiger partial charge in [-0.25, -0.2) is 0 Å². The molecule has 7 rings (SSSR count). The third-order valence-corrected chi connectivity index (χ3v) is 7.73. The number of benzene rings is 6. The minimum atomic E-state index is -1.02. The van der Waals surface area contributed by atoms with Gasteiger partial charge < -0.3 is 4.90 Å². The quantitative estimate of drug-likeness (QED) is 0.218. The normalized spacial score (nSPS) is 15.4. The summed E-state index contributed by atoms with van der Waals surface area (Å²) in [5, 5.41) is 0. The van der Waals surface area contributed by atoms with E-state index in [0.29, 0.717) is 33.8 Å². The van der Waals surface area contributed by atoms with Gasteiger partial charge in [0.15, 0.2) is 0 Å². The van der Waals surface area contributed by atoms with Crippen molar-refractivity contribution >= 4 is 17.1 Å². The maximum absolute atomic E-state index is 9.34. The van der Waals surface area contributed by atoms with Gasteiger partial charge in [-0.1, -0.05) is 135 Å². The van der Waals surface area contributed by atoms with Crippen LogP contribution in [-0.2, 0) is 5.41 Å². The first-order valence-corrected chi connectivity index (χ1v) is 13.4. The van der Waals surface area contributed by atoms with Gasteiger partial charge in [-0.05, 0) is 69.3 Å². The molecular weight excluding hydrogens is 482 g/mol. The Morgan fingerprint density at radius 3 is 1.52 bits per heavy atom. The Hall–Kier alpha value is -4.88. The molecule has 40 heavy (non-hydrogen) atoms. The van der Waals surface area contributed by atoms with Crippen molar-refractivity contribution in [2.45, 2.75) is 19.3 Å². The first kappa shape index (κ1) is 17.7. The summed E-state index contributed by atoms with van der Waals surface area (Å²) < 4.78 is 62.3. The smallest absolute Gasteiger partial charge is 0.0645 e. The van der Waals surface area contributed by atoms with E-state index in [9.17, 15) is 1.37 Å². The molecule has 0 N–H and O–H groups in total. The van der Waals surface area contributed by atoms with E-state index in [0.717, 1.165) is 22.3 Å². The molecule has 0 saturated carbocycles. The van der Waals surface area contributed by atoms with Crippen molar-refractivity contribution in [3.05, 3.63) is 163 Å². The number of hydrogen-bond acceptors (Lipinski definition) is 1. The fraction of sp³-hybridized carbons (Fsp3) is 0.0769. The molecule has 0 heterocycles. The van der Waals surface area contributed by atoms with E-state index < -0.39 is 5.41 Å². The Balaban J connectivity index is 1.53. The van der Waals surface area contributed by atoms with Gasteiger partial charge in [-0.15, -0.1) is 0 Å². The molecule has 0 atom stereocenters. The summed E-state index contributed by atoms with van der Waals surface area (Å²) in [5.41, 5.74) is 6.28. The highest BCUT2D eigenvalue weighted by Crippen LogP contribution is 2.54. The standard InChI is InChI=1S/C39H31N/c1-39(2)35-17-10-9-16-34(35)38-36(39)18-11-19-37(38)40(32-24-20-30(21-25-32)28-12-5-3-6-13-28)33-26-22-31(23-27-33)29-14-7-4-8-15-29/h3-27H,1-2H3/i9D,10D,11D,16D,17D,18D,19D. The number of fused-ring (bicyclic) bond motifs is 3. The van der Waals surface area contributed by atoms with Crippen LogP contribution < -0.4 is 4.90 Å². The minimum Gasteiger partial charge on any atom is -0.310 e. The van der Waals surface area contributed by atoms with Crippen LogP contribution in [0.15, 0.2) is 151 Å². The van der Waals surface area contributed by atoms with E-state index in [-0.39, 0.29) is 47.9 Å². The summed E-state index contributed by atoms with van der Waals surface area (Å²) in [4.78, 5) is 1.88. The van der Waals surface area contributed by atoms with Crippen LogP contribution in [0.2, 0.25) is 0 Å². The largest absolute Gasteiger partial charge is 0.310 e. The van der Waals surface area contributed by atoms with Crippen LogP contribution >= 0.6 is 0 Å². The van der Waals surface area contributed by atoms with Crippen molar-refractivity contribution in [3.63, 3.8) is 0 Å². The topological polar surface area (TPSA) is 3.24 Å². The van der Waals surface area contributed by atoms with E-state index in [4.69, 9.17) is 8.22 Å². The molecule has 1 aliphatic carbocycles. The molecule has 0 radical (unpaired) electrons. The predicted octanol–water partition coefficient (Wildman–Crippen LogP) is 10.8. The second-order valence-corrected chi connectivity index (χ2v) is 10.5. The Kier molecular flexibility index (Phi) is 4.28. The summed E-state index contributed by atoms with van der Waals surface area (Å²) >= 11 is 0. The lowest BCUT2D eigenvalue weighted by atomic mass is 9.82. The molecular formula is C39H31N. The monoisotopic (exact) mass is 520 g/mol. The molecule has 0 fully saturated rings. The van der Waals surface area contributed by atoms with Crippen molar-refractivity contribution in [2.24, 2.45) is 0 Å². The summed E-state index contributed by atoms with van der Waals surface area (Å²) in [6.45, 7) is 3.66. The Morgan fingerprint density at radius 1 is 0.500 bits per heavy atom. The maximum Gasteiger partial charge on any atom is 0.0645 e. The van der Waals surface area contributed by atoms with Crippen molar-refractivity contribution in [2.75, 3.05) is 4.90 Å². The summed E-state index contributed by atoms with van der Waals surface area (Å²) in [6.07, 6.45) is 0. The molecule has 0 saturated heterocycles. The van der Waals surface area contributed by atoms with E-state index in [1.165, 1.54) is 0 Å². The molecule has 0 amide bonds. The van der Waals surface area contributed by atoms with E-state index in [1.54, 1.807) is 0 Å². The highest BCUT2D eigenvalue weighted by atomic mass is 15.1. The lowest BCUT2D eigenvalue weighted by Crippen LogP contribution is -2.16. The fourth-order valence-electron chi connectivity index (χ4n) is 5.64. The van der Waals surface area contributed by atoms with Crippen LogP contribution in [0.5, 0.6) is 0 Å². The lowest BCUT2D eigenvalue weighted by Gasteiger charge is -2.29. The van der Waals surface area contributed by atoms with E-state index in [1.807, 2.05) is 128 Å². The molecule has 6 aromatic carbocycles. The molecule has 0 spiro atoms. The van der Waals surface area contributed by atoms with Crippen molar-refractivity contribution < 1.29 is 9.60 Å². The van der Waals surface area contributed by atoms with Gasteiger partial charge in [0.25, 0.3) is 0 Å². The average molecular weight is 521 g/mol. The molecule has 192 valence electrons. The fourth-order valence-corrected chi connectivity index (χ4v) is 5.64. The van der Waals surface area contributed by atoms with E-state index >= 15 is 0 Å². The maximum atomic E-state index is 9.34. The lowest BCUT2D eigenvalue weighted by molar-refractivity contribution is 0.660. The predicted molar refractivity (Wildman–Crippen MR) is 170 cm³/mol. The number of hydrogen-bond donors (Lipinski definition) is 0. The third-order valence-electron chi connectivity index (χ3n) is 7.73. The van der Waals surface area contributed by atoms with Gasteiger partial charge in [0.2, 0.25) is 0 Å². The van der Waals surface area contributed by atoms with Crippen LogP contribution in [0.3, 0.4) is 0 Å². The zero-order chi connectivity index (χ0) is 33.2. The summed E-state index contributed by atoms with van der Waals surface area (Å²) in [7, 11) is 0. The van der Waals surface area contributed by atoms with E-state index in [2.05, 4.69) is 0 Å². The van der Waals surface area contributed by atoms with Crippen LogP contribution in [0.1, 0.15) is 34.6 Å². The first-order chi connectivity index (χ1) is 22.5. The van der Waals surface area contributed by atoms with Crippen LogP contribution in [0.25, 0.3) is 33.4 Å². The van der Waals surface area contributed by atoms with Crippen LogP contribution in [-0.4, -0.2) is 0 Å². The number of rotatable bonds is 5. The summed E-state index contributed by atoms with van der Waals surface area (Å²) in [6, 6.07) is 34.2. The molecule has 6 aromatic rings. The van der Waals surface area contributed by atoms with Crippen molar-refractivity contribution in [1.82, 2.24) is 0 Å². The second kappa shape index (κ2) is 9.70. The highest BCUT2D eigenvalue weighted by Gasteiger charge is 2.37. The molecule has 0 aromatic heterocycles. The zero-order valence-corrected chi connectivity index (χ0v) is 22.3. The average Bonchev–Trinajstić information content (AvgIpc) is 3.35. The van der Waals surface area contributed by atoms with Crippen molar-refractivity contribution in [1.29, 1.82) is 0 Å². The third kappa shape index (κ3) is 4.03. The molecule has 1 heteroatoms. The Morgan fingerprint density at radius 2 is 0.975 bits per heavy atom. The SMILES string of the molecule is [2H]c1c([2H])c([2H])c2c(c1[2H])-c1c(N(c3ccc(-c4ccccc4)cc3)c3ccc(-c4ccccc4)cc3)c([2H])c([2H])c([2H])c1C2(C)C. The van der Waals surface area contributed by atoms with Gasteiger partial charge >= 0.3 is 0 Å². The van der Waals surface area contributed by atoms with Gasteiger partial charge in [-0.3, -0.25) is 0 Å². The Labute approximate surface area is 246 Å². The number of anilines is 3. The second-order valence-electron chi connectivity index (χ2n) is 10.5. The van der Waals surface area contributed by atoms with Gasteiger partial charge in [0, 0.05) is 22.4 Å². The molecule has 1 nitrogen and oxygen atoms in total. The Bertz CT molecular complexity index is 2080. The van der Waals surface area contributed by atoms with Gasteiger partial charge in [0.05, 0.1) is 15.3 Å². The number of nitrogens with zero attached hydrogens (tertiary/aromatic N) is 1. The summed E-state index contributed by atoms with van der Waals surface area (Å²) in [5.74, 6) is 0. The zero-order valence-electron chi connectivity index (χ0n) is 29.3. The highest BCUT2D eigenvalue weighted by molar-refractivity contribution is 5.95. The molecule has 1 aliphatic rings. The van der Waals surface area contributed by atoms with Gasteiger partial charge in [0.1, 0.15) is 0 Å². The molecule has 0 unspecified atom stereocenters. The van der Waals surface area contributed by atoms with Crippen LogP contribution in [0, 0.1) is 0 Å². The molecule has 0 bridgehead atoms. The van der Waals surface area contributed by atoms with Crippen molar-refractivity contribution in [3.8, 4) is 33.4 Å².